The summed E-state index contributed by atoms with van der Waals surface area (Å²) in [6.07, 6.45) is 0. The zero-order chi connectivity index (χ0) is 10.5. The van der Waals surface area contributed by atoms with Crippen molar-refractivity contribution in [2.45, 2.75) is 6.92 Å². The van der Waals surface area contributed by atoms with Gasteiger partial charge in [-0.3, -0.25) is 9.59 Å². The fraction of sp³-hybridized carbons (Fsp3) is 0.111. The number of Topliss-reactive ketones (excluding diaryl/α,β-unsaturated/α-hetero) is 1. The van der Waals surface area contributed by atoms with Crippen LogP contribution in [0.15, 0.2) is 10.5 Å². The third-order valence-corrected chi connectivity index (χ3v) is 3.43. The molecule has 1 aromatic rings. The Balaban J connectivity index is 2.76. The maximum absolute atomic E-state index is 11.3. The van der Waals surface area contributed by atoms with E-state index in [1.165, 1.54) is 0 Å². The van der Waals surface area contributed by atoms with Crippen LogP contribution in [0.2, 0.25) is 5.02 Å². The van der Waals surface area contributed by atoms with Crippen LogP contribution in [-0.4, -0.2) is 11.7 Å². The monoisotopic (exact) mass is 273 g/mol. The Kier molecular flexibility index (Phi) is 2.12. The number of anilines is 1. The molecule has 0 unspecified atom stereocenters. The van der Waals surface area contributed by atoms with Crippen molar-refractivity contribution in [3.05, 3.63) is 26.7 Å². The van der Waals surface area contributed by atoms with Crippen molar-refractivity contribution in [1.29, 1.82) is 0 Å². The van der Waals surface area contributed by atoms with Gasteiger partial charge in [0.25, 0.3) is 11.7 Å². The molecule has 0 saturated carbocycles. The van der Waals surface area contributed by atoms with E-state index >= 15 is 0 Å². The van der Waals surface area contributed by atoms with Crippen LogP contribution in [0.3, 0.4) is 0 Å². The molecule has 3 nitrogen and oxygen atoms in total. The predicted octanol–water partition coefficient (Wildman–Crippen LogP) is 2.55. The van der Waals surface area contributed by atoms with Crippen LogP contribution in [0.1, 0.15) is 15.9 Å². The molecule has 72 valence electrons. The molecule has 0 spiro atoms. The Morgan fingerprint density at radius 3 is 2.71 bits per heavy atom. The van der Waals surface area contributed by atoms with Gasteiger partial charge in [-0.1, -0.05) is 27.5 Å². The van der Waals surface area contributed by atoms with Crippen LogP contribution in [0, 0.1) is 6.92 Å². The summed E-state index contributed by atoms with van der Waals surface area (Å²) in [6.45, 7) is 1.81. The average molecular weight is 275 g/mol. The van der Waals surface area contributed by atoms with Gasteiger partial charge in [0.15, 0.2) is 0 Å². The molecule has 1 amide bonds. The molecule has 14 heavy (non-hydrogen) atoms. The summed E-state index contributed by atoms with van der Waals surface area (Å²) in [5, 5.41) is 2.85. The van der Waals surface area contributed by atoms with Crippen LogP contribution >= 0.6 is 27.5 Å². The topological polar surface area (TPSA) is 46.2 Å². The molecule has 1 aliphatic heterocycles. The highest BCUT2D eigenvalue weighted by Gasteiger charge is 2.31. The first-order valence-electron chi connectivity index (χ1n) is 3.86. The van der Waals surface area contributed by atoms with Crippen LogP contribution in [0.5, 0.6) is 0 Å². The van der Waals surface area contributed by atoms with Gasteiger partial charge in [0, 0.05) is 4.47 Å². The average Bonchev–Trinajstić information content (AvgIpc) is 2.42. The van der Waals surface area contributed by atoms with Crippen molar-refractivity contribution in [1.82, 2.24) is 0 Å². The largest absolute Gasteiger partial charge is 0.317 e. The zero-order valence-electron chi connectivity index (χ0n) is 7.15. The summed E-state index contributed by atoms with van der Waals surface area (Å²) >= 11 is 9.25. The molecule has 0 radical (unpaired) electrons. The Morgan fingerprint density at radius 2 is 2.07 bits per heavy atom. The highest BCUT2D eigenvalue weighted by atomic mass is 79.9. The summed E-state index contributed by atoms with van der Waals surface area (Å²) in [4.78, 5) is 22.4. The number of nitrogens with one attached hydrogen (secondary N) is 1. The highest BCUT2D eigenvalue weighted by molar-refractivity contribution is 9.10. The van der Waals surface area contributed by atoms with E-state index in [9.17, 15) is 9.59 Å². The first-order valence-corrected chi connectivity index (χ1v) is 5.03. The van der Waals surface area contributed by atoms with E-state index in [1.54, 1.807) is 6.07 Å². The van der Waals surface area contributed by atoms with Crippen LogP contribution < -0.4 is 5.32 Å². The summed E-state index contributed by atoms with van der Waals surface area (Å²) < 4.78 is 0.728. The lowest BCUT2D eigenvalue weighted by atomic mass is 10.1. The SMILES string of the molecule is Cc1c(Br)cc2c(c1Cl)NC(=O)C2=O. The van der Waals surface area contributed by atoms with Crippen molar-refractivity contribution >= 4 is 44.9 Å². The molecule has 0 atom stereocenters. The minimum absolute atomic E-state index is 0.331. The Bertz CT molecular complexity index is 470. The fourth-order valence-electron chi connectivity index (χ4n) is 1.31. The minimum atomic E-state index is -0.626. The maximum atomic E-state index is 11.3. The second-order valence-corrected chi connectivity index (χ2v) is 4.24. The molecule has 1 aromatic carbocycles. The molecule has 1 heterocycles. The number of amides is 1. The standard InChI is InChI=1S/C9H5BrClNO2/c1-3-5(10)2-4-7(6(3)11)12-9(14)8(4)13/h2H,1H3,(H,12,13,14). The molecule has 0 fully saturated rings. The molecule has 0 aliphatic carbocycles. The first-order chi connectivity index (χ1) is 6.52. The van der Waals surface area contributed by atoms with Crippen molar-refractivity contribution in [3.8, 4) is 0 Å². The van der Waals surface area contributed by atoms with Crippen molar-refractivity contribution in [3.63, 3.8) is 0 Å². The van der Waals surface area contributed by atoms with Gasteiger partial charge in [0.2, 0.25) is 0 Å². The lowest BCUT2D eigenvalue weighted by Gasteiger charge is -2.05. The van der Waals surface area contributed by atoms with E-state index < -0.39 is 11.7 Å². The highest BCUT2D eigenvalue weighted by Crippen LogP contribution is 2.37. The lowest BCUT2D eigenvalue weighted by Crippen LogP contribution is -2.12. The Morgan fingerprint density at radius 1 is 1.43 bits per heavy atom. The number of carbonyl (C=O) groups excluding carboxylic acids is 2. The van der Waals surface area contributed by atoms with Crippen LogP contribution in [0.25, 0.3) is 0 Å². The summed E-state index contributed by atoms with van der Waals surface area (Å²) in [5.41, 5.74) is 1.56. The maximum Gasteiger partial charge on any atom is 0.296 e. The number of halogens is 2. The molecule has 0 saturated heterocycles. The summed E-state index contributed by atoms with van der Waals surface area (Å²) in [5.74, 6) is -1.16. The summed E-state index contributed by atoms with van der Waals surface area (Å²) in [6, 6.07) is 1.61. The molecule has 0 bridgehead atoms. The van der Waals surface area contributed by atoms with Gasteiger partial charge >= 0.3 is 0 Å². The number of hydrogen-bond donors (Lipinski definition) is 1. The van der Waals surface area contributed by atoms with Gasteiger partial charge in [0.1, 0.15) is 0 Å². The normalized spacial score (nSPS) is 14.2. The molecule has 5 heteroatoms. The lowest BCUT2D eigenvalue weighted by molar-refractivity contribution is -0.112. The smallest absolute Gasteiger partial charge is 0.296 e. The van der Waals surface area contributed by atoms with Gasteiger partial charge < -0.3 is 5.32 Å². The molecule has 2 rings (SSSR count). The van der Waals surface area contributed by atoms with Gasteiger partial charge in [-0.05, 0) is 18.6 Å². The molecular weight excluding hydrogens is 269 g/mol. The Hall–Kier alpha value is -0.870. The van der Waals surface area contributed by atoms with Gasteiger partial charge in [0.05, 0.1) is 16.3 Å². The third kappa shape index (κ3) is 1.18. The number of carbonyl (C=O) groups is 2. The molecule has 0 aromatic heterocycles. The van der Waals surface area contributed by atoms with E-state index in [0.717, 1.165) is 10.0 Å². The first kappa shape index (κ1) is 9.68. The number of rotatable bonds is 0. The molecule has 1 N–H and O–H groups in total. The van der Waals surface area contributed by atoms with Gasteiger partial charge in [-0.25, -0.2) is 0 Å². The van der Waals surface area contributed by atoms with E-state index in [2.05, 4.69) is 21.2 Å². The van der Waals surface area contributed by atoms with E-state index in [0.29, 0.717) is 16.3 Å². The zero-order valence-corrected chi connectivity index (χ0v) is 9.49. The molecular formula is C9H5BrClNO2. The second kappa shape index (κ2) is 3.07. The number of fused-ring (bicyclic) bond motifs is 1. The van der Waals surface area contributed by atoms with Crippen molar-refractivity contribution in [2.24, 2.45) is 0 Å². The van der Waals surface area contributed by atoms with Crippen LogP contribution in [-0.2, 0) is 4.79 Å². The van der Waals surface area contributed by atoms with E-state index in [4.69, 9.17) is 11.6 Å². The van der Waals surface area contributed by atoms with Crippen LogP contribution in [0.4, 0.5) is 5.69 Å². The quantitative estimate of drug-likeness (QED) is 0.739. The van der Waals surface area contributed by atoms with E-state index in [-0.39, 0.29) is 0 Å². The van der Waals surface area contributed by atoms with Gasteiger partial charge in [-0.15, -0.1) is 0 Å². The Labute approximate surface area is 93.6 Å². The predicted molar refractivity (Wildman–Crippen MR) is 56.8 cm³/mol. The fourth-order valence-corrected chi connectivity index (χ4v) is 2.10. The summed E-state index contributed by atoms with van der Waals surface area (Å²) in [7, 11) is 0. The molecule has 1 aliphatic rings. The third-order valence-electron chi connectivity index (χ3n) is 2.14. The number of benzene rings is 1. The van der Waals surface area contributed by atoms with Crippen molar-refractivity contribution in [2.75, 3.05) is 5.32 Å². The minimum Gasteiger partial charge on any atom is -0.317 e. The number of hydrogen-bond acceptors (Lipinski definition) is 2. The van der Waals surface area contributed by atoms with Crippen molar-refractivity contribution < 1.29 is 9.59 Å². The van der Waals surface area contributed by atoms with E-state index in [1.807, 2.05) is 6.92 Å². The number of ketones is 1. The van der Waals surface area contributed by atoms with Gasteiger partial charge in [-0.2, -0.15) is 0 Å². The second-order valence-electron chi connectivity index (χ2n) is 3.00.